The second kappa shape index (κ2) is 5.19. The Morgan fingerprint density at radius 2 is 2.11 bits per heavy atom. The summed E-state index contributed by atoms with van der Waals surface area (Å²) in [7, 11) is 0. The summed E-state index contributed by atoms with van der Waals surface area (Å²) in [5.74, 6) is 0.863. The third-order valence-electron chi connectivity index (χ3n) is 3.13. The van der Waals surface area contributed by atoms with Crippen molar-refractivity contribution in [2.45, 2.75) is 25.0 Å². The number of aromatic nitrogens is 1. The van der Waals surface area contributed by atoms with Crippen molar-refractivity contribution in [1.29, 1.82) is 0 Å². The maximum atomic E-state index is 6.23. The second-order valence-corrected chi connectivity index (χ2v) is 5.15. The Bertz CT molecular complexity index is 584. The highest BCUT2D eigenvalue weighted by Gasteiger charge is 2.23. The van der Waals surface area contributed by atoms with E-state index in [1.807, 2.05) is 24.3 Å². The van der Waals surface area contributed by atoms with Gasteiger partial charge in [0.05, 0.1) is 22.9 Å². The van der Waals surface area contributed by atoms with Crippen LogP contribution in [0.25, 0.3) is 0 Å². The van der Waals surface area contributed by atoms with Gasteiger partial charge in [0.2, 0.25) is 0 Å². The molecule has 0 spiro atoms. The summed E-state index contributed by atoms with van der Waals surface area (Å²) in [5, 5.41) is 0.587. The molecule has 3 nitrogen and oxygen atoms in total. The molecule has 0 aliphatic heterocycles. The van der Waals surface area contributed by atoms with Crippen molar-refractivity contribution in [3.05, 3.63) is 58.9 Å². The number of pyridine rings is 1. The number of halogens is 1. The van der Waals surface area contributed by atoms with Crippen LogP contribution >= 0.6 is 11.6 Å². The zero-order valence-electron chi connectivity index (χ0n) is 10.4. The molecule has 0 radical (unpaired) electrons. The molecule has 1 aliphatic carbocycles. The van der Waals surface area contributed by atoms with Crippen molar-refractivity contribution in [3.8, 4) is 5.75 Å². The molecule has 1 aromatic heterocycles. The monoisotopic (exact) mass is 274 g/mol. The molecule has 19 heavy (non-hydrogen) atoms. The summed E-state index contributed by atoms with van der Waals surface area (Å²) in [5.41, 5.74) is 7.87. The Morgan fingerprint density at radius 3 is 2.84 bits per heavy atom. The molecule has 4 heteroatoms. The first kappa shape index (κ1) is 12.5. The van der Waals surface area contributed by atoms with E-state index in [2.05, 4.69) is 4.98 Å². The van der Waals surface area contributed by atoms with Crippen LogP contribution in [0.3, 0.4) is 0 Å². The lowest BCUT2D eigenvalue weighted by Gasteiger charge is -2.14. The summed E-state index contributed by atoms with van der Waals surface area (Å²) >= 11 is 6.13. The van der Waals surface area contributed by atoms with Crippen LogP contribution in [0.15, 0.2) is 42.6 Å². The van der Waals surface area contributed by atoms with Gasteiger partial charge in [0.1, 0.15) is 5.75 Å². The van der Waals surface area contributed by atoms with Crippen LogP contribution in [-0.4, -0.2) is 11.1 Å². The van der Waals surface area contributed by atoms with Gasteiger partial charge in [-0.3, -0.25) is 4.98 Å². The van der Waals surface area contributed by atoms with Crippen LogP contribution in [-0.2, 0) is 0 Å². The van der Waals surface area contributed by atoms with Crippen LogP contribution in [0.4, 0.5) is 0 Å². The lowest BCUT2D eigenvalue weighted by molar-refractivity contribution is 0.303. The van der Waals surface area contributed by atoms with Gasteiger partial charge in [0.15, 0.2) is 0 Å². The highest BCUT2D eigenvalue weighted by molar-refractivity contribution is 6.31. The highest BCUT2D eigenvalue weighted by Crippen LogP contribution is 2.30. The normalized spacial score (nSPS) is 16.1. The van der Waals surface area contributed by atoms with E-state index in [9.17, 15) is 0 Å². The van der Waals surface area contributed by atoms with Gasteiger partial charge in [-0.2, -0.15) is 0 Å². The lowest BCUT2D eigenvalue weighted by atomic mass is 10.0. The number of ether oxygens (including phenoxy) is 1. The van der Waals surface area contributed by atoms with Gasteiger partial charge in [0, 0.05) is 6.20 Å². The molecule has 2 N–H and O–H groups in total. The Kier molecular flexibility index (Phi) is 3.40. The molecule has 1 unspecified atom stereocenters. The summed E-state index contributed by atoms with van der Waals surface area (Å²) < 4.78 is 5.77. The maximum absolute atomic E-state index is 6.23. The molecule has 0 saturated heterocycles. The van der Waals surface area contributed by atoms with Crippen LogP contribution in [0, 0.1) is 0 Å². The van der Waals surface area contributed by atoms with Crippen molar-refractivity contribution < 1.29 is 4.74 Å². The topological polar surface area (TPSA) is 48.1 Å². The highest BCUT2D eigenvalue weighted by atomic mass is 35.5. The van der Waals surface area contributed by atoms with E-state index in [0.717, 1.165) is 24.2 Å². The fourth-order valence-corrected chi connectivity index (χ4v) is 2.18. The van der Waals surface area contributed by atoms with Crippen LogP contribution in [0.5, 0.6) is 5.75 Å². The van der Waals surface area contributed by atoms with E-state index in [-0.39, 0.29) is 6.04 Å². The van der Waals surface area contributed by atoms with Crippen molar-refractivity contribution >= 4 is 11.6 Å². The van der Waals surface area contributed by atoms with Crippen molar-refractivity contribution in [2.75, 3.05) is 0 Å². The third kappa shape index (κ3) is 2.88. The number of rotatable bonds is 4. The minimum atomic E-state index is -0.337. The summed E-state index contributed by atoms with van der Waals surface area (Å²) in [6, 6.07) is 11.1. The Hall–Kier alpha value is -1.58. The standard InChI is InChI=1S/C15H15ClN2O/c16-13-5-2-8-18-15(13)14(17)10-3-1-4-12(9-10)19-11-6-7-11/h1-5,8-9,11,14H,6-7,17H2. The van der Waals surface area contributed by atoms with E-state index in [1.165, 1.54) is 0 Å². The first-order valence-electron chi connectivity index (χ1n) is 6.36. The predicted octanol–water partition coefficient (Wildman–Crippen LogP) is 3.32. The average Bonchev–Trinajstić information content (AvgIpc) is 3.23. The zero-order chi connectivity index (χ0) is 13.2. The molecule has 98 valence electrons. The number of benzene rings is 1. The first-order valence-corrected chi connectivity index (χ1v) is 6.74. The number of hydrogen-bond acceptors (Lipinski definition) is 3. The average molecular weight is 275 g/mol. The molecule has 1 atom stereocenters. The number of nitrogens with two attached hydrogens (primary N) is 1. The SMILES string of the molecule is NC(c1cccc(OC2CC2)c1)c1ncccc1Cl. The second-order valence-electron chi connectivity index (χ2n) is 4.74. The third-order valence-corrected chi connectivity index (χ3v) is 3.45. The molecule has 1 aromatic carbocycles. The smallest absolute Gasteiger partial charge is 0.120 e. The van der Waals surface area contributed by atoms with Crippen LogP contribution in [0.2, 0.25) is 5.02 Å². The Balaban J connectivity index is 1.86. The van der Waals surface area contributed by atoms with Gasteiger partial charge in [-0.15, -0.1) is 0 Å². The molecular formula is C15H15ClN2O. The van der Waals surface area contributed by atoms with Gasteiger partial charge in [-0.25, -0.2) is 0 Å². The summed E-state index contributed by atoms with van der Waals surface area (Å²) in [6.45, 7) is 0. The Morgan fingerprint density at radius 1 is 1.26 bits per heavy atom. The van der Waals surface area contributed by atoms with Gasteiger partial charge in [-0.05, 0) is 42.7 Å². The van der Waals surface area contributed by atoms with Crippen LogP contribution in [0.1, 0.15) is 30.1 Å². The summed E-state index contributed by atoms with van der Waals surface area (Å²) in [4.78, 5) is 4.26. The molecule has 2 aromatic rings. The fraction of sp³-hybridized carbons (Fsp3) is 0.267. The quantitative estimate of drug-likeness (QED) is 0.930. The minimum absolute atomic E-state index is 0.337. The first-order chi connectivity index (χ1) is 9.24. The molecule has 3 rings (SSSR count). The van der Waals surface area contributed by atoms with E-state index < -0.39 is 0 Å². The van der Waals surface area contributed by atoms with E-state index in [4.69, 9.17) is 22.1 Å². The molecule has 1 saturated carbocycles. The number of nitrogens with zero attached hydrogens (tertiary/aromatic N) is 1. The zero-order valence-corrected chi connectivity index (χ0v) is 11.2. The molecule has 1 aliphatic rings. The Labute approximate surface area is 117 Å². The molecule has 1 heterocycles. The summed E-state index contributed by atoms with van der Waals surface area (Å²) in [6.07, 6.45) is 4.36. The van der Waals surface area contributed by atoms with Gasteiger partial charge >= 0.3 is 0 Å². The van der Waals surface area contributed by atoms with Gasteiger partial charge in [-0.1, -0.05) is 23.7 Å². The van der Waals surface area contributed by atoms with Crippen molar-refractivity contribution in [1.82, 2.24) is 4.98 Å². The largest absolute Gasteiger partial charge is 0.490 e. The maximum Gasteiger partial charge on any atom is 0.120 e. The van der Waals surface area contributed by atoms with E-state index in [1.54, 1.807) is 18.3 Å². The molecule has 1 fully saturated rings. The molecular weight excluding hydrogens is 260 g/mol. The van der Waals surface area contributed by atoms with Gasteiger partial charge < -0.3 is 10.5 Å². The predicted molar refractivity (Wildman–Crippen MR) is 75.4 cm³/mol. The minimum Gasteiger partial charge on any atom is -0.490 e. The molecule has 0 amide bonds. The van der Waals surface area contributed by atoms with Crippen LogP contribution < -0.4 is 10.5 Å². The van der Waals surface area contributed by atoms with E-state index >= 15 is 0 Å². The fourth-order valence-electron chi connectivity index (χ4n) is 1.94. The molecule has 0 bridgehead atoms. The number of hydrogen-bond donors (Lipinski definition) is 1. The van der Waals surface area contributed by atoms with Crippen molar-refractivity contribution in [2.24, 2.45) is 5.73 Å². The lowest BCUT2D eigenvalue weighted by Crippen LogP contribution is -2.14. The van der Waals surface area contributed by atoms with E-state index in [0.29, 0.717) is 16.8 Å². The van der Waals surface area contributed by atoms with Gasteiger partial charge in [0.25, 0.3) is 0 Å². The van der Waals surface area contributed by atoms with Crippen molar-refractivity contribution in [3.63, 3.8) is 0 Å².